The fraction of sp³-hybridized carbons (Fsp3) is 0.227. The van der Waals surface area contributed by atoms with Gasteiger partial charge in [-0.3, -0.25) is 14.9 Å². The van der Waals surface area contributed by atoms with Gasteiger partial charge in [-0.15, -0.1) is 0 Å². The summed E-state index contributed by atoms with van der Waals surface area (Å²) in [4.78, 5) is 23.0. The van der Waals surface area contributed by atoms with Crippen molar-refractivity contribution >= 4 is 28.1 Å². The van der Waals surface area contributed by atoms with E-state index in [4.69, 9.17) is 4.74 Å². The van der Waals surface area contributed by atoms with Gasteiger partial charge < -0.3 is 15.4 Å². The second-order valence-corrected chi connectivity index (χ2v) is 6.82. The van der Waals surface area contributed by atoms with E-state index < -0.39 is 4.92 Å². The number of aryl methyl sites for hydroxylation is 1. The molecule has 0 unspecified atom stereocenters. The summed E-state index contributed by atoms with van der Waals surface area (Å²) in [5, 5.41) is 19.4. The molecule has 7 nitrogen and oxygen atoms in total. The summed E-state index contributed by atoms with van der Waals surface area (Å²) in [7, 11) is 1.36. The highest BCUT2D eigenvalue weighted by molar-refractivity contribution is 5.93. The number of fused-ring (bicyclic) bond motifs is 1. The van der Waals surface area contributed by atoms with Gasteiger partial charge in [-0.2, -0.15) is 0 Å². The van der Waals surface area contributed by atoms with Gasteiger partial charge >= 0.3 is 5.69 Å². The predicted octanol–water partition coefficient (Wildman–Crippen LogP) is 4.35. The fourth-order valence-corrected chi connectivity index (χ4v) is 3.29. The molecule has 0 heterocycles. The molecule has 3 aromatic rings. The fourth-order valence-electron chi connectivity index (χ4n) is 3.29. The number of carbonyl (C=O) groups excluding carboxylic acids is 1. The van der Waals surface area contributed by atoms with Crippen LogP contribution >= 0.6 is 0 Å². The zero-order chi connectivity index (χ0) is 21.0. The molecule has 2 N–H and O–H groups in total. The first-order chi connectivity index (χ1) is 13.9. The number of anilines is 1. The maximum atomic E-state index is 12.4. The van der Waals surface area contributed by atoms with Gasteiger partial charge in [0.05, 0.1) is 18.6 Å². The standard InChI is InChI=1S/C22H23N3O4/c1-14-11-20(25(27)28)21(29-3)12-19(14)24-22(26)13-23-15(2)17-10-6-8-16-7-4-5-9-18(16)17/h4-12,15,23H,13H2,1-3H3,(H,24,26)/t15-/m0/s1. The lowest BCUT2D eigenvalue weighted by Gasteiger charge is -2.17. The minimum Gasteiger partial charge on any atom is -0.490 e. The van der Waals surface area contributed by atoms with Gasteiger partial charge in [-0.25, -0.2) is 0 Å². The molecule has 1 atom stereocenters. The van der Waals surface area contributed by atoms with E-state index in [1.807, 2.05) is 31.2 Å². The lowest BCUT2D eigenvalue weighted by molar-refractivity contribution is -0.385. The average molecular weight is 393 g/mol. The third-order valence-electron chi connectivity index (χ3n) is 4.86. The van der Waals surface area contributed by atoms with Gasteiger partial charge in [0.15, 0.2) is 5.75 Å². The van der Waals surface area contributed by atoms with Gasteiger partial charge in [-0.1, -0.05) is 42.5 Å². The highest BCUT2D eigenvalue weighted by atomic mass is 16.6. The molecule has 1 amide bonds. The summed E-state index contributed by atoms with van der Waals surface area (Å²) in [6, 6.07) is 17.1. The second kappa shape index (κ2) is 8.70. The zero-order valence-corrected chi connectivity index (χ0v) is 16.6. The molecule has 0 aliphatic heterocycles. The number of hydrogen-bond donors (Lipinski definition) is 2. The summed E-state index contributed by atoms with van der Waals surface area (Å²) < 4.78 is 5.07. The molecule has 3 aromatic carbocycles. The number of carbonyl (C=O) groups is 1. The highest BCUT2D eigenvalue weighted by Gasteiger charge is 2.18. The molecule has 0 saturated heterocycles. The molecule has 29 heavy (non-hydrogen) atoms. The van der Waals surface area contributed by atoms with Gasteiger partial charge in [0.1, 0.15) is 0 Å². The summed E-state index contributed by atoms with van der Waals surface area (Å²) in [6.07, 6.45) is 0. The Morgan fingerprint density at radius 1 is 1.17 bits per heavy atom. The Morgan fingerprint density at radius 2 is 1.90 bits per heavy atom. The molecule has 0 aliphatic carbocycles. The molecular weight excluding hydrogens is 370 g/mol. The van der Waals surface area contributed by atoms with Crippen LogP contribution in [0.3, 0.4) is 0 Å². The van der Waals surface area contributed by atoms with Crippen LogP contribution in [0.15, 0.2) is 54.6 Å². The molecule has 150 valence electrons. The number of ether oxygens (including phenoxy) is 1. The molecule has 0 radical (unpaired) electrons. The van der Waals surface area contributed by atoms with Crippen LogP contribution in [0.5, 0.6) is 5.75 Å². The van der Waals surface area contributed by atoms with Crippen LogP contribution in [-0.4, -0.2) is 24.5 Å². The number of amides is 1. The van der Waals surface area contributed by atoms with Crippen molar-refractivity contribution in [2.24, 2.45) is 0 Å². The smallest absolute Gasteiger partial charge is 0.311 e. The summed E-state index contributed by atoms with van der Waals surface area (Å²) >= 11 is 0. The molecule has 0 spiro atoms. The van der Waals surface area contributed by atoms with Crippen LogP contribution in [0.2, 0.25) is 0 Å². The maximum absolute atomic E-state index is 12.4. The van der Waals surface area contributed by atoms with Crippen molar-refractivity contribution in [1.29, 1.82) is 0 Å². The molecule has 0 aliphatic rings. The Hall–Kier alpha value is -3.45. The van der Waals surface area contributed by atoms with E-state index in [-0.39, 0.29) is 29.9 Å². The van der Waals surface area contributed by atoms with E-state index in [9.17, 15) is 14.9 Å². The van der Waals surface area contributed by atoms with Gasteiger partial charge in [0.25, 0.3) is 0 Å². The lowest BCUT2D eigenvalue weighted by Crippen LogP contribution is -2.30. The van der Waals surface area contributed by atoms with Crippen LogP contribution in [-0.2, 0) is 4.79 Å². The first-order valence-electron chi connectivity index (χ1n) is 9.24. The van der Waals surface area contributed by atoms with E-state index in [2.05, 4.69) is 28.8 Å². The van der Waals surface area contributed by atoms with Crippen molar-refractivity contribution < 1.29 is 14.5 Å². The van der Waals surface area contributed by atoms with Crippen molar-refractivity contribution in [2.75, 3.05) is 19.0 Å². The Balaban J connectivity index is 1.69. The number of hydrogen-bond acceptors (Lipinski definition) is 5. The molecule has 7 heteroatoms. The number of nitrogens with zero attached hydrogens (tertiary/aromatic N) is 1. The van der Waals surface area contributed by atoms with E-state index in [0.29, 0.717) is 11.3 Å². The van der Waals surface area contributed by atoms with Crippen molar-refractivity contribution in [3.8, 4) is 5.75 Å². The summed E-state index contributed by atoms with van der Waals surface area (Å²) in [5.74, 6) is -0.135. The van der Waals surface area contributed by atoms with Crippen LogP contribution < -0.4 is 15.4 Å². The number of benzene rings is 3. The van der Waals surface area contributed by atoms with E-state index >= 15 is 0 Å². The molecular formula is C22H23N3O4. The average Bonchev–Trinajstić information content (AvgIpc) is 2.72. The highest BCUT2D eigenvalue weighted by Crippen LogP contribution is 2.32. The van der Waals surface area contributed by atoms with Gasteiger partial charge in [-0.05, 0) is 35.7 Å². The molecule has 0 bridgehead atoms. The molecule has 3 rings (SSSR count). The zero-order valence-electron chi connectivity index (χ0n) is 16.6. The minimum absolute atomic E-state index is 0.0284. The monoisotopic (exact) mass is 393 g/mol. The quantitative estimate of drug-likeness (QED) is 0.460. The van der Waals surface area contributed by atoms with E-state index in [1.165, 1.54) is 19.2 Å². The van der Waals surface area contributed by atoms with Crippen molar-refractivity contribution in [3.05, 3.63) is 75.8 Å². The van der Waals surface area contributed by atoms with Crippen LogP contribution in [0.1, 0.15) is 24.1 Å². The molecule has 0 aromatic heterocycles. The third-order valence-corrected chi connectivity index (χ3v) is 4.86. The molecule has 0 fully saturated rings. The predicted molar refractivity (Wildman–Crippen MR) is 113 cm³/mol. The SMILES string of the molecule is COc1cc(NC(=O)CN[C@@H](C)c2cccc3ccccc23)c(C)cc1[N+](=O)[O-]. The first kappa shape index (κ1) is 20.3. The Bertz CT molecular complexity index is 1060. The van der Waals surface area contributed by atoms with E-state index in [0.717, 1.165) is 16.3 Å². The maximum Gasteiger partial charge on any atom is 0.311 e. The third kappa shape index (κ3) is 4.52. The Kier molecular flexibility index (Phi) is 6.09. The topological polar surface area (TPSA) is 93.5 Å². The lowest BCUT2D eigenvalue weighted by atomic mass is 10.00. The number of nitro groups is 1. The second-order valence-electron chi connectivity index (χ2n) is 6.82. The first-order valence-corrected chi connectivity index (χ1v) is 9.24. The number of nitro benzene ring substituents is 1. The van der Waals surface area contributed by atoms with E-state index in [1.54, 1.807) is 6.92 Å². The number of methoxy groups -OCH3 is 1. The van der Waals surface area contributed by atoms with Crippen LogP contribution in [0.4, 0.5) is 11.4 Å². The normalized spacial score (nSPS) is 11.8. The number of rotatable bonds is 7. The molecule has 0 saturated carbocycles. The van der Waals surface area contributed by atoms with Gasteiger partial charge in [0, 0.05) is 23.9 Å². The van der Waals surface area contributed by atoms with Crippen molar-refractivity contribution in [1.82, 2.24) is 5.32 Å². The van der Waals surface area contributed by atoms with Crippen molar-refractivity contribution in [3.63, 3.8) is 0 Å². The summed E-state index contributed by atoms with van der Waals surface area (Å²) in [6.45, 7) is 3.81. The number of nitrogens with one attached hydrogen (secondary N) is 2. The van der Waals surface area contributed by atoms with Crippen LogP contribution in [0, 0.1) is 17.0 Å². The van der Waals surface area contributed by atoms with Crippen LogP contribution in [0.25, 0.3) is 10.8 Å². The van der Waals surface area contributed by atoms with Crippen molar-refractivity contribution in [2.45, 2.75) is 19.9 Å². The summed E-state index contributed by atoms with van der Waals surface area (Å²) in [5.41, 5.74) is 2.06. The Morgan fingerprint density at radius 3 is 2.62 bits per heavy atom. The Labute approximate surface area is 168 Å². The largest absolute Gasteiger partial charge is 0.490 e. The van der Waals surface area contributed by atoms with Gasteiger partial charge in [0.2, 0.25) is 5.91 Å². The minimum atomic E-state index is -0.509.